The molecule has 0 fully saturated rings. The van der Waals surface area contributed by atoms with Crippen LogP contribution in [0.1, 0.15) is 23.6 Å². The number of para-hydroxylation sites is 1. The average molecular weight is 306 g/mol. The molecule has 0 radical (unpaired) electrons. The summed E-state index contributed by atoms with van der Waals surface area (Å²) in [4.78, 5) is 0. The maximum Gasteiger partial charge on any atom is 0.142 e. The number of benzene rings is 2. The van der Waals surface area contributed by atoms with E-state index in [0.29, 0.717) is 4.47 Å². The minimum Gasteiger partial charge on any atom is -0.378 e. The van der Waals surface area contributed by atoms with Crippen molar-refractivity contribution in [2.24, 2.45) is 0 Å². The van der Waals surface area contributed by atoms with Crippen LogP contribution in [0, 0.1) is 5.82 Å². The molecule has 0 amide bonds. The van der Waals surface area contributed by atoms with Crippen LogP contribution in [0.2, 0.25) is 0 Å². The zero-order valence-electron chi connectivity index (χ0n) is 9.79. The Labute approximate surface area is 114 Å². The standard InChI is InChI=1S/C15H13BrFN/c16-12-6-3-5-11(15(12)17)14-9-8-10-4-1-2-7-13(10)18-14/h1-7,14,18H,8-9H2. The molecule has 0 bridgehead atoms. The molecule has 92 valence electrons. The monoisotopic (exact) mass is 305 g/mol. The lowest BCUT2D eigenvalue weighted by Gasteiger charge is -2.27. The highest BCUT2D eigenvalue weighted by atomic mass is 79.9. The number of rotatable bonds is 1. The summed E-state index contributed by atoms with van der Waals surface area (Å²) in [6.45, 7) is 0. The highest BCUT2D eigenvalue weighted by Gasteiger charge is 2.22. The Morgan fingerprint density at radius 1 is 1.11 bits per heavy atom. The molecule has 1 aliphatic heterocycles. The summed E-state index contributed by atoms with van der Waals surface area (Å²) in [5, 5.41) is 3.42. The quantitative estimate of drug-likeness (QED) is 0.806. The van der Waals surface area contributed by atoms with Crippen molar-refractivity contribution >= 4 is 21.6 Å². The van der Waals surface area contributed by atoms with Crippen LogP contribution >= 0.6 is 15.9 Å². The molecule has 2 aromatic carbocycles. The lowest BCUT2D eigenvalue weighted by atomic mass is 9.93. The topological polar surface area (TPSA) is 12.0 Å². The van der Waals surface area contributed by atoms with Gasteiger partial charge >= 0.3 is 0 Å². The highest BCUT2D eigenvalue weighted by Crippen LogP contribution is 2.34. The van der Waals surface area contributed by atoms with Crippen LogP contribution in [-0.4, -0.2) is 0 Å². The van der Waals surface area contributed by atoms with Crippen LogP contribution in [0.15, 0.2) is 46.9 Å². The summed E-state index contributed by atoms with van der Waals surface area (Å²) >= 11 is 3.24. The second-order valence-electron chi connectivity index (χ2n) is 4.54. The minimum absolute atomic E-state index is 0.0531. The van der Waals surface area contributed by atoms with Crippen molar-refractivity contribution in [2.45, 2.75) is 18.9 Å². The second kappa shape index (κ2) is 4.73. The van der Waals surface area contributed by atoms with E-state index in [1.54, 1.807) is 6.07 Å². The molecule has 3 heteroatoms. The SMILES string of the molecule is Fc1c(Br)cccc1C1CCc2ccccc2N1. The van der Waals surface area contributed by atoms with Crippen molar-refractivity contribution in [3.8, 4) is 0 Å². The molecule has 0 saturated carbocycles. The van der Waals surface area contributed by atoms with Gasteiger partial charge in [-0.15, -0.1) is 0 Å². The number of hydrogen-bond acceptors (Lipinski definition) is 1. The first-order valence-electron chi connectivity index (χ1n) is 6.04. The normalized spacial score (nSPS) is 18.0. The first kappa shape index (κ1) is 11.7. The molecule has 1 nitrogen and oxygen atoms in total. The Balaban J connectivity index is 1.94. The first-order valence-corrected chi connectivity index (χ1v) is 6.83. The molecule has 1 aliphatic rings. The average Bonchev–Trinajstić information content (AvgIpc) is 2.41. The Hall–Kier alpha value is -1.35. The summed E-state index contributed by atoms with van der Waals surface area (Å²) in [7, 11) is 0. The minimum atomic E-state index is -0.158. The Kier molecular flexibility index (Phi) is 3.08. The summed E-state index contributed by atoms with van der Waals surface area (Å²) in [5.74, 6) is -0.158. The third-order valence-corrected chi connectivity index (χ3v) is 4.02. The number of fused-ring (bicyclic) bond motifs is 1. The predicted molar refractivity (Wildman–Crippen MR) is 75.2 cm³/mol. The van der Waals surface area contributed by atoms with Crippen molar-refractivity contribution in [1.29, 1.82) is 0 Å². The molecular weight excluding hydrogens is 293 g/mol. The van der Waals surface area contributed by atoms with E-state index in [-0.39, 0.29) is 11.9 Å². The molecule has 1 heterocycles. The van der Waals surface area contributed by atoms with Gasteiger partial charge in [-0.05, 0) is 46.5 Å². The molecule has 1 atom stereocenters. The third-order valence-electron chi connectivity index (χ3n) is 3.41. The van der Waals surface area contributed by atoms with E-state index in [1.165, 1.54) is 5.56 Å². The fourth-order valence-corrected chi connectivity index (χ4v) is 2.84. The maximum absolute atomic E-state index is 14.1. The van der Waals surface area contributed by atoms with E-state index in [2.05, 4.69) is 33.4 Å². The third kappa shape index (κ3) is 2.03. The van der Waals surface area contributed by atoms with Crippen molar-refractivity contribution in [3.63, 3.8) is 0 Å². The van der Waals surface area contributed by atoms with E-state index in [0.717, 1.165) is 24.1 Å². The zero-order chi connectivity index (χ0) is 12.5. The van der Waals surface area contributed by atoms with Crippen LogP contribution < -0.4 is 5.32 Å². The molecule has 0 saturated heterocycles. The van der Waals surface area contributed by atoms with Gasteiger partial charge in [0.05, 0.1) is 10.5 Å². The Morgan fingerprint density at radius 3 is 2.83 bits per heavy atom. The van der Waals surface area contributed by atoms with Crippen LogP contribution in [0.5, 0.6) is 0 Å². The zero-order valence-corrected chi connectivity index (χ0v) is 11.4. The van der Waals surface area contributed by atoms with Gasteiger partial charge in [-0.1, -0.05) is 30.3 Å². The molecular formula is C15H13BrFN. The number of aryl methyl sites for hydroxylation is 1. The van der Waals surface area contributed by atoms with Crippen LogP contribution in [0.4, 0.5) is 10.1 Å². The number of hydrogen-bond donors (Lipinski definition) is 1. The summed E-state index contributed by atoms with van der Waals surface area (Å²) in [6, 6.07) is 13.7. The number of nitrogens with one attached hydrogen (secondary N) is 1. The molecule has 2 aromatic rings. The molecule has 3 rings (SSSR count). The Morgan fingerprint density at radius 2 is 1.94 bits per heavy atom. The highest BCUT2D eigenvalue weighted by molar-refractivity contribution is 9.10. The van der Waals surface area contributed by atoms with E-state index in [4.69, 9.17) is 0 Å². The van der Waals surface area contributed by atoms with Gasteiger partial charge < -0.3 is 5.32 Å². The molecule has 0 spiro atoms. The van der Waals surface area contributed by atoms with E-state index >= 15 is 0 Å². The van der Waals surface area contributed by atoms with Crippen LogP contribution in [0.3, 0.4) is 0 Å². The summed E-state index contributed by atoms with van der Waals surface area (Å²) in [6.07, 6.45) is 1.91. The van der Waals surface area contributed by atoms with Gasteiger partial charge in [0.25, 0.3) is 0 Å². The Bertz CT molecular complexity index is 582. The van der Waals surface area contributed by atoms with Gasteiger partial charge in [0, 0.05) is 11.3 Å². The lowest BCUT2D eigenvalue weighted by Crippen LogP contribution is -2.19. The maximum atomic E-state index is 14.1. The van der Waals surface area contributed by atoms with Gasteiger partial charge in [-0.3, -0.25) is 0 Å². The van der Waals surface area contributed by atoms with Crippen LogP contribution in [0.25, 0.3) is 0 Å². The van der Waals surface area contributed by atoms with Crippen LogP contribution in [-0.2, 0) is 6.42 Å². The number of anilines is 1. The smallest absolute Gasteiger partial charge is 0.142 e. The number of halogens is 2. The predicted octanol–water partition coefficient (Wildman–Crippen LogP) is 4.69. The first-order chi connectivity index (χ1) is 8.75. The van der Waals surface area contributed by atoms with Crippen molar-refractivity contribution in [3.05, 3.63) is 63.9 Å². The van der Waals surface area contributed by atoms with Gasteiger partial charge in [0.15, 0.2) is 0 Å². The lowest BCUT2D eigenvalue weighted by molar-refractivity contribution is 0.567. The van der Waals surface area contributed by atoms with E-state index in [9.17, 15) is 4.39 Å². The molecule has 18 heavy (non-hydrogen) atoms. The van der Waals surface area contributed by atoms with Gasteiger partial charge in [0.1, 0.15) is 5.82 Å². The largest absolute Gasteiger partial charge is 0.378 e. The second-order valence-corrected chi connectivity index (χ2v) is 5.39. The summed E-state index contributed by atoms with van der Waals surface area (Å²) in [5.41, 5.74) is 3.16. The summed E-state index contributed by atoms with van der Waals surface area (Å²) < 4.78 is 14.6. The van der Waals surface area contributed by atoms with Gasteiger partial charge in [-0.25, -0.2) is 4.39 Å². The molecule has 0 aromatic heterocycles. The fourth-order valence-electron chi connectivity index (χ4n) is 2.46. The molecule has 1 unspecified atom stereocenters. The van der Waals surface area contributed by atoms with E-state index in [1.807, 2.05) is 24.3 Å². The van der Waals surface area contributed by atoms with Crippen molar-refractivity contribution in [1.82, 2.24) is 0 Å². The van der Waals surface area contributed by atoms with Gasteiger partial charge in [-0.2, -0.15) is 0 Å². The molecule has 0 aliphatic carbocycles. The van der Waals surface area contributed by atoms with Gasteiger partial charge in [0.2, 0.25) is 0 Å². The van der Waals surface area contributed by atoms with Crippen molar-refractivity contribution < 1.29 is 4.39 Å². The fraction of sp³-hybridized carbons (Fsp3) is 0.200. The van der Waals surface area contributed by atoms with E-state index < -0.39 is 0 Å². The van der Waals surface area contributed by atoms with Crippen molar-refractivity contribution in [2.75, 3.05) is 5.32 Å². The molecule has 1 N–H and O–H groups in total.